The first-order valence-electron chi connectivity index (χ1n) is 11.2. The zero-order chi connectivity index (χ0) is 24.4. The number of halogens is 1. The number of benzene rings is 3. The number of carbonyl (C=O) groups is 1. The fourth-order valence-corrected chi connectivity index (χ4v) is 4.16. The smallest absolute Gasteiger partial charge is 0.326 e. The van der Waals surface area contributed by atoms with Crippen LogP contribution in [0.15, 0.2) is 89.1 Å². The molecule has 176 valence electrons. The summed E-state index contributed by atoms with van der Waals surface area (Å²) in [6.45, 7) is 4.32. The third-order valence-electron chi connectivity index (χ3n) is 5.76. The van der Waals surface area contributed by atoms with Gasteiger partial charge < -0.3 is 14.6 Å². The van der Waals surface area contributed by atoms with E-state index in [1.54, 1.807) is 17.0 Å². The van der Waals surface area contributed by atoms with E-state index in [9.17, 15) is 9.18 Å². The first-order chi connectivity index (χ1) is 17.0. The number of urea groups is 1. The van der Waals surface area contributed by atoms with Crippen molar-refractivity contribution >= 4 is 17.3 Å². The van der Waals surface area contributed by atoms with Crippen molar-refractivity contribution in [2.75, 3.05) is 11.5 Å². The van der Waals surface area contributed by atoms with E-state index in [2.05, 4.69) is 15.5 Å². The van der Waals surface area contributed by atoms with E-state index in [0.29, 0.717) is 29.1 Å². The fraction of sp³-hybridized carbons (Fsp3) is 0.148. The number of nitrogens with one attached hydrogen (secondary N) is 1. The van der Waals surface area contributed by atoms with Gasteiger partial charge in [0.15, 0.2) is 0 Å². The number of allylic oxidation sites excluding steroid dienone is 1. The number of amides is 2. The number of ether oxygens (including phenoxy) is 1. The molecule has 0 bridgehead atoms. The van der Waals surface area contributed by atoms with Crippen LogP contribution in [0.25, 0.3) is 17.0 Å². The maximum Gasteiger partial charge on any atom is 0.326 e. The van der Waals surface area contributed by atoms with Crippen molar-refractivity contribution in [3.05, 3.63) is 102 Å². The second kappa shape index (κ2) is 9.42. The molecular formula is C27H23FN4O3. The van der Waals surface area contributed by atoms with Gasteiger partial charge in [-0.25, -0.2) is 9.18 Å². The van der Waals surface area contributed by atoms with E-state index in [1.807, 2.05) is 68.4 Å². The van der Waals surface area contributed by atoms with Gasteiger partial charge in [0.2, 0.25) is 5.82 Å². The van der Waals surface area contributed by atoms with Crippen molar-refractivity contribution in [1.82, 2.24) is 15.5 Å². The third kappa shape index (κ3) is 4.38. The first-order valence-corrected chi connectivity index (χ1v) is 11.2. The number of nitrogens with zero attached hydrogens (tertiary/aromatic N) is 3. The molecule has 2 amide bonds. The van der Waals surface area contributed by atoms with Gasteiger partial charge in [0.05, 0.1) is 23.9 Å². The Kier molecular flexibility index (Phi) is 6.01. The average Bonchev–Trinajstić information content (AvgIpc) is 3.35. The SMILES string of the molecule is CCOc1ccc(C2NC(=O)N(c3ccccc3)C(C)=C2c2nc(-c3cccc(F)c3)no2)cc1. The summed E-state index contributed by atoms with van der Waals surface area (Å²) in [5.74, 6) is 0.837. The largest absolute Gasteiger partial charge is 0.494 e. The Balaban J connectivity index is 1.62. The molecule has 0 aliphatic carbocycles. The van der Waals surface area contributed by atoms with Gasteiger partial charge in [-0.1, -0.05) is 47.6 Å². The predicted octanol–water partition coefficient (Wildman–Crippen LogP) is 5.98. The molecule has 0 radical (unpaired) electrons. The summed E-state index contributed by atoms with van der Waals surface area (Å²) in [4.78, 5) is 19.4. The van der Waals surface area contributed by atoms with Crippen LogP contribution in [0.4, 0.5) is 14.9 Å². The normalized spacial score (nSPS) is 15.8. The maximum atomic E-state index is 13.8. The van der Waals surface area contributed by atoms with E-state index in [4.69, 9.17) is 9.26 Å². The monoisotopic (exact) mass is 470 g/mol. The lowest BCUT2D eigenvalue weighted by molar-refractivity contribution is 0.244. The van der Waals surface area contributed by atoms with E-state index < -0.39 is 11.9 Å². The van der Waals surface area contributed by atoms with Gasteiger partial charge in [0.25, 0.3) is 5.89 Å². The molecule has 0 spiro atoms. The van der Waals surface area contributed by atoms with Gasteiger partial charge >= 0.3 is 6.03 Å². The number of rotatable bonds is 6. The zero-order valence-corrected chi connectivity index (χ0v) is 19.2. The van der Waals surface area contributed by atoms with Gasteiger partial charge in [0, 0.05) is 11.3 Å². The number of carbonyl (C=O) groups excluding carboxylic acids is 1. The van der Waals surface area contributed by atoms with E-state index in [1.165, 1.54) is 12.1 Å². The number of aromatic nitrogens is 2. The molecule has 1 atom stereocenters. The number of hydrogen-bond donors (Lipinski definition) is 1. The molecule has 2 heterocycles. The van der Waals surface area contributed by atoms with E-state index >= 15 is 0 Å². The Bertz CT molecular complexity index is 1380. The zero-order valence-electron chi connectivity index (χ0n) is 19.2. The quantitative estimate of drug-likeness (QED) is 0.375. The van der Waals surface area contributed by atoms with Crippen LogP contribution >= 0.6 is 0 Å². The minimum Gasteiger partial charge on any atom is -0.494 e. The van der Waals surface area contributed by atoms with Crippen LogP contribution in [0.2, 0.25) is 0 Å². The summed E-state index contributed by atoms with van der Waals surface area (Å²) in [6.07, 6.45) is 0. The molecule has 0 saturated heterocycles. The highest BCUT2D eigenvalue weighted by Crippen LogP contribution is 2.39. The van der Waals surface area contributed by atoms with Gasteiger partial charge in [-0.3, -0.25) is 4.90 Å². The molecule has 0 fully saturated rings. The minimum atomic E-state index is -0.543. The highest BCUT2D eigenvalue weighted by atomic mass is 19.1. The molecule has 1 aliphatic heterocycles. The molecule has 3 aromatic carbocycles. The lowest BCUT2D eigenvalue weighted by Gasteiger charge is -2.35. The van der Waals surface area contributed by atoms with Crippen molar-refractivity contribution in [2.24, 2.45) is 0 Å². The molecule has 35 heavy (non-hydrogen) atoms. The summed E-state index contributed by atoms with van der Waals surface area (Å²) in [6, 6.07) is 22.0. The molecule has 0 saturated carbocycles. The molecule has 1 aliphatic rings. The van der Waals surface area contributed by atoms with Crippen molar-refractivity contribution in [2.45, 2.75) is 19.9 Å². The number of para-hydroxylation sites is 1. The van der Waals surface area contributed by atoms with E-state index in [0.717, 1.165) is 11.3 Å². The van der Waals surface area contributed by atoms with Crippen LogP contribution in [-0.4, -0.2) is 22.8 Å². The Morgan fingerprint density at radius 2 is 1.83 bits per heavy atom. The maximum absolute atomic E-state index is 13.8. The number of hydrogen-bond acceptors (Lipinski definition) is 5. The Morgan fingerprint density at radius 3 is 2.54 bits per heavy atom. The summed E-state index contributed by atoms with van der Waals surface area (Å²) in [5.41, 5.74) is 3.32. The van der Waals surface area contributed by atoms with E-state index in [-0.39, 0.29) is 17.7 Å². The summed E-state index contributed by atoms with van der Waals surface area (Å²) < 4.78 is 25.0. The molecule has 4 aromatic rings. The van der Waals surface area contributed by atoms with Crippen LogP contribution < -0.4 is 15.0 Å². The second-order valence-corrected chi connectivity index (χ2v) is 7.99. The Hall–Kier alpha value is -4.46. The van der Waals surface area contributed by atoms with Crippen LogP contribution in [0.5, 0.6) is 5.75 Å². The topological polar surface area (TPSA) is 80.5 Å². The highest BCUT2D eigenvalue weighted by molar-refractivity contribution is 6.01. The molecule has 8 heteroatoms. The summed E-state index contributed by atoms with van der Waals surface area (Å²) in [5, 5.41) is 7.15. The lowest BCUT2D eigenvalue weighted by atomic mass is 9.94. The number of anilines is 1. The molecule has 7 nitrogen and oxygen atoms in total. The van der Waals surface area contributed by atoms with Crippen molar-refractivity contribution in [3.63, 3.8) is 0 Å². The van der Waals surface area contributed by atoms with Gasteiger partial charge in [-0.2, -0.15) is 4.98 Å². The van der Waals surface area contributed by atoms with Crippen molar-refractivity contribution in [1.29, 1.82) is 0 Å². The molecule has 1 aromatic heterocycles. The molecule has 5 rings (SSSR count). The predicted molar refractivity (Wildman–Crippen MR) is 130 cm³/mol. The van der Waals surface area contributed by atoms with Crippen molar-refractivity contribution < 1.29 is 18.4 Å². The second-order valence-electron chi connectivity index (χ2n) is 7.99. The summed E-state index contributed by atoms with van der Waals surface area (Å²) in [7, 11) is 0. The van der Waals surface area contributed by atoms with Crippen molar-refractivity contribution in [3.8, 4) is 17.1 Å². The standard InChI is InChI=1S/C27H23FN4O3/c1-3-34-22-14-12-18(13-15-22)24-23(17(2)32(27(33)29-24)21-10-5-4-6-11-21)26-30-25(31-35-26)19-8-7-9-20(28)16-19/h4-16,24H,3H2,1-2H3,(H,29,33). The fourth-order valence-electron chi connectivity index (χ4n) is 4.16. The Labute approximate surface area is 201 Å². The van der Waals surface area contributed by atoms with Gasteiger partial charge in [0.1, 0.15) is 11.6 Å². The van der Waals surface area contributed by atoms with Crippen LogP contribution in [0.3, 0.4) is 0 Å². The van der Waals surface area contributed by atoms with Gasteiger partial charge in [-0.15, -0.1) is 0 Å². The molecule has 1 unspecified atom stereocenters. The molecular weight excluding hydrogens is 447 g/mol. The third-order valence-corrected chi connectivity index (χ3v) is 5.76. The van der Waals surface area contributed by atoms with Crippen LogP contribution in [0, 0.1) is 5.82 Å². The highest BCUT2D eigenvalue weighted by Gasteiger charge is 2.36. The first kappa shape index (κ1) is 22.3. The van der Waals surface area contributed by atoms with Gasteiger partial charge in [-0.05, 0) is 55.8 Å². The average molecular weight is 471 g/mol. The molecule has 1 N–H and O–H groups in total. The minimum absolute atomic E-state index is 0.238. The van der Waals surface area contributed by atoms with Crippen LogP contribution in [0.1, 0.15) is 31.3 Å². The Morgan fingerprint density at radius 1 is 1.06 bits per heavy atom. The van der Waals surface area contributed by atoms with Crippen LogP contribution in [-0.2, 0) is 0 Å². The lowest BCUT2D eigenvalue weighted by Crippen LogP contribution is -2.46. The summed E-state index contributed by atoms with van der Waals surface area (Å²) >= 11 is 0.